The third kappa shape index (κ3) is 5.47. The smallest absolute Gasteiger partial charge is 0.0991 e. The Bertz CT molecular complexity index is 3540. The first-order valence-corrected chi connectivity index (χ1v) is 20.4. The summed E-state index contributed by atoms with van der Waals surface area (Å²) >= 11 is 0. The number of rotatable bonds is 5. The van der Waals surface area contributed by atoms with Crippen LogP contribution in [0, 0.1) is 11.3 Å². The van der Waals surface area contributed by atoms with Gasteiger partial charge >= 0.3 is 0 Å². The van der Waals surface area contributed by atoms with Gasteiger partial charge in [0, 0.05) is 27.5 Å². The normalized spacial score (nSPS) is 14.2. The average Bonchev–Trinajstić information content (AvgIpc) is 3.80. The molecule has 0 fully saturated rings. The summed E-state index contributed by atoms with van der Waals surface area (Å²) < 4.78 is 2.51. The summed E-state index contributed by atoms with van der Waals surface area (Å²) in [6.07, 6.45) is 8.02. The number of fused-ring (bicyclic) bond motifs is 8. The molecular formula is C57H36N2. The summed E-state index contributed by atoms with van der Waals surface area (Å²) in [6.45, 7) is 0. The van der Waals surface area contributed by atoms with Gasteiger partial charge in [-0.3, -0.25) is 0 Å². The van der Waals surface area contributed by atoms with E-state index in [1.165, 1.54) is 98.6 Å². The van der Waals surface area contributed by atoms with E-state index in [0.29, 0.717) is 11.5 Å². The molecule has 11 aromatic rings. The summed E-state index contributed by atoms with van der Waals surface area (Å²) in [5.41, 5.74) is 15.4. The maximum Gasteiger partial charge on any atom is 0.0991 e. The molecule has 2 heteroatoms. The minimum atomic E-state index is 0.335. The number of hydrogen-bond acceptors (Lipinski definition) is 1. The molecule has 1 aliphatic rings. The van der Waals surface area contributed by atoms with Crippen LogP contribution in [0.25, 0.3) is 98.6 Å². The average molecular weight is 749 g/mol. The SMILES string of the molecule is N#Cc1ccc(-c2cc3c4cc5ccc(-c6ccc(-c7ccccc7)cc6)cc5cc4n4c5cc6cc(C7C=CC(c8ccccc8)=CC7)ccc6cc5c(c2)c34)cc1. The molecule has 2 nitrogen and oxygen atoms in total. The van der Waals surface area contributed by atoms with Gasteiger partial charge in [-0.2, -0.15) is 5.26 Å². The number of nitrogens with zero attached hydrogens (tertiary/aromatic N) is 2. The van der Waals surface area contributed by atoms with Crippen molar-refractivity contribution in [3.8, 4) is 39.4 Å². The van der Waals surface area contributed by atoms with Crippen molar-refractivity contribution in [1.29, 1.82) is 5.26 Å². The Morgan fingerprint density at radius 2 is 0.983 bits per heavy atom. The van der Waals surface area contributed by atoms with Crippen LogP contribution < -0.4 is 0 Å². The molecule has 1 unspecified atom stereocenters. The molecule has 0 bridgehead atoms. The second-order valence-corrected chi connectivity index (χ2v) is 16.0. The van der Waals surface area contributed by atoms with Gasteiger partial charge in [0.05, 0.1) is 28.2 Å². The van der Waals surface area contributed by atoms with Gasteiger partial charge in [0.2, 0.25) is 0 Å². The molecule has 59 heavy (non-hydrogen) atoms. The molecule has 0 amide bonds. The van der Waals surface area contributed by atoms with E-state index >= 15 is 0 Å². The van der Waals surface area contributed by atoms with Crippen LogP contribution in [0.3, 0.4) is 0 Å². The molecule has 0 N–H and O–H groups in total. The lowest BCUT2D eigenvalue weighted by molar-refractivity contribution is 0.858. The van der Waals surface area contributed by atoms with Crippen LogP contribution in [0.2, 0.25) is 0 Å². The van der Waals surface area contributed by atoms with Crippen LogP contribution in [-0.4, -0.2) is 4.40 Å². The Balaban J connectivity index is 1.03. The van der Waals surface area contributed by atoms with E-state index in [9.17, 15) is 5.26 Å². The van der Waals surface area contributed by atoms with Crippen LogP contribution in [-0.2, 0) is 0 Å². The first kappa shape index (κ1) is 33.4. The number of benzene rings is 9. The van der Waals surface area contributed by atoms with E-state index in [-0.39, 0.29) is 0 Å². The maximum atomic E-state index is 9.52. The molecule has 274 valence electrons. The van der Waals surface area contributed by atoms with Crippen molar-refractivity contribution in [2.75, 3.05) is 0 Å². The van der Waals surface area contributed by atoms with Crippen LogP contribution in [0.4, 0.5) is 0 Å². The van der Waals surface area contributed by atoms with Gasteiger partial charge in [-0.25, -0.2) is 0 Å². The Morgan fingerprint density at radius 1 is 0.441 bits per heavy atom. The molecule has 2 aromatic heterocycles. The lowest BCUT2D eigenvalue weighted by Crippen LogP contribution is -1.98. The van der Waals surface area contributed by atoms with Crippen molar-refractivity contribution in [1.82, 2.24) is 4.40 Å². The Labute approximate surface area is 342 Å². The molecule has 9 aromatic carbocycles. The largest absolute Gasteiger partial charge is 0.308 e. The highest BCUT2D eigenvalue weighted by Gasteiger charge is 2.21. The zero-order valence-electron chi connectivity index (χ0n) is 32.2. The standard InChI is InChI=1S/C57H36N2/c58-35-36-11-13-43(14-12-36)50-31-53-51-29-46-25-23-44(41-19-15-39(16-20-41)37-7-3-1-4-8-37)27-48(46)33-55(51)59-56-34-49-28-45(24-26-47(49)30-52(56)54(32-50)57(53)59)42-21-17-40(18-22-42)38-9-5-2-6-10-38/h1-21,23-34,42H,22H2. The zero-order valence-corrected chi connectivity index (χ0v) is 32.2. The Morgan fingerprint density at radius 3 is 1.61 bits per heavy atom. The monoisotopic (exact) mass is 748 g/mol. The van der Waals surface area contributed by atoms with Crippen molar-refractivity contribution in [3.63, 3.8) is 0 Å². The van der Waals surface area contributed by atoms with E-state index in [4.69, 9.17) is 0 Å². The van der Waals surface area contributed by atoms with Gasteiger partial charge in [-0.05, 0) is 133 Å². The molecule has 12 rings (SSSR count). The number of hydrogen-bond donors (Lipinski definition) is 0. The summed E-state index contributed by atoms with van der Waals surface area (Å²) in [4.78, 5) is 0. The second-order valence-electron chi connectivity index (χ2n) is 16.0. The summed E-state index contributed by atoms with van der Waals surface area (Å²) in [5.74, 6) is 0.335. The zero-order chi connectivity index (χ0) is 39.0. The molecular weight excluding hydrogens is 713 g/mol. The quantitative estimate of drug-likeness (QED) is 0.172. The highest BCUT2D eigenvalue weighted by molar-refractivity contribution is 6.27. The van der Waals surface area contributed by atoms with Gasteiger partial charge in [-0.1, -0.05) is 146 Å². The fourth-order valence-electron chi connectivity index (χ4n) is 9.56. The molecule has 0 aliphatic heterocycles. The predicted molar refractivity (Wildman–Crippen MR) is 248 cm³/mol. The van der Waals surface area contributed by atoms with Crippen molar-refractivity contribution in [2.24, 2.45) is 0 Å². The predicted octanol–water partition coefficient (Wildman–Crippen LogP) is 15.1. The summed E-state index contributed by atoms with van der Waals surface area (Å²) in [7, 11) is 0. The minimum absolute atomic E-state index is 0.335. The van der Waals surface area contributed by atoms with Crippen molar-refractivity contribution < 1.29 is 0 Å². The topological polar surface area (TPSA) is 28.2 Å². The van der Waals surface area contributed by atoms with Crippen LogP contribution in [0.15, 0.2) is 200 Å². The van der Waals surface area contributed by atoms with Gasteiger partial charge in [0.1, 0.15) is 0 Å². The van der Waals surface area contributed by atoms with Gasteiger partial charge in [0.15, 0.2) is 0 Å². The van der Waals surface area contributed by atoms with E-state index in [2.05, 4.69) is 199 Å². The number of nitriles is 1. The fraction of sp³-hybridized carbons (Fsp3) is 0.0351. The molecule has 0 spiro atoms. The van der Waals surface area contributed by atoms with E-state index in [1.54, 1.807) is 0 Å². The van der Waals surface area contributed by atoms with E-state index in [1.807, 2.05) is 12.1 Å². The van der Waals surface area contributed by atoms with Gasteiger partial charge in [0.25, 0.3) is 0 Å². The molecule has 2 heterocycles. The molecule has 0 saturated carbocycles. The van der Waals surface area contributed by atoms with E-state index in [0.717, 1.165) is 17.5 Å². The summed E-state index contributed by atoms with van der Waals surface area (Å²) in [6, 6.07) is 68.6. The number of allylic oxidation sites excluding steroid dienone is 4. The molecule has 0 saturated heterocycles. The highest BCUT2D eigenvalue weighted by Crippen LogP contribution is 2.44. The maximum absolute atomic E-state index is 9.52. The third-order valence-corrected chi connectivity index (χ3v) is 12.6. The Hall–Kier alpha value is -7.73. The van der Waals surface area contributed by atoms with Crippen molar-refractivity contribution in [3.05, 3.63) is 217 Å². The fourth-order valence-corrected chi connectivity index (χ4v) is 9.56. The van der Waals surface area contributed by atoms with Crippen molar-refractivity contribution in [2.45, 2.75) is 12.3 Å². The molecule has 1 atom stereocenters. The van der Waals surface area contributed by atoms with Crippen LogP contribution >= 0.6 is 0 Å². The first-order chi connectivity index (χ1) is 29.1. The number of aromatic nitrogens is 1. The lowest BCUT2D eigenvalue weighted by atomic mass is 9.87. The second kappa shape index (κ2) is 13.2. The minimum Gasteiger partial charge on any atom is -0.308 e. The summed E-state index contributed by atoms with van der Waals surface area (Å²) in [5, 5.41) is 19.5. The van der Waals surface area contributed by atoms with E-state index < -0.39 is 0 Å². The van der Waals surface area contributed by atoms with Crippen molar-refractivity contribution >= 4 is 65.2 Å². The van der Waals surface area contributed by atoms with Gasteiger partial charge in [-0.15, -0.1) is 0 Å². The Kier molecular flexibility index (Phi) is 7.46. The van der Waals surface area contributed by atoms with Gasteiger partial charge < -0.3 is 4.40 Å². The molecule has 0 radical (unpaired) electrons. The first-order valence-electron chi connectivity index (χ1n) is 20.4. The van der Waals surface area contributed by atoms with Crippen LogP contribution in [0.1, 0.15) is 29.0 Å². The van der Waals surface area contributed by atoms with Crippen LogP contribution in [0.5, 0.6) is 0 Å². The third-order valence-electron chi connectivity index (χ3n) is 12.6. The highest BCUT2D eigenvalue weighted by atomic mass is 14.9. The lowest BCUT2D eigenvalue weighted by Gasteiger charge is -2.17. The molecule has 1 aliphatic carbocycles.